The second-order valence-electron chi connectivity index (χ2n) is 8.17. The highest BCUT2D eigenvalue weighted by atomic mass is 32.1. The monoisotopic (exact) mass is 422 g/mol. The molecule has 2 N–H and O–H groups in total. The molecule has 30 heavy (non-hydrogen) atoms. The summed E-state index contributed by atoms with van der Waals surface area (Å²) >= 11 is 5.39. The lowest BCUT2D eigenvalue weighted by atomic mass is 10.00. The molecule has 1 fully saturated rings. The van der Waals surface area contributed by atoms with E-state index >= 15 is 0 Å². The highest BCUT2D eigenvalue weighted by Crippen LogP contribution is 2.28. The maximum absolute atomic E-state index is 5.39. The maximum atomic E-state index is 5.39. The summed E-state index contributed by atoms with van der Waals surface area (Å²) in [6.07, 6.45) is 5.27. The van der Waals surface area contributed by atoms with Crippen molar-refractivity contribution in [1.82, 2.24) is 15.3 Å². The van der Waals surface area contributed by atoms with Crippen LogP contribution in [0.1, 0.15) is 30.9 Å². The predicted octanol–water partition coefficient (Wildman–Crippen LogP) is 3.75. The van der Waals surface area contributed by atoms with Gasteiger partial charge in [0.2, 0.25) is 5.95 Å². The average Bonchev–Trinajstić information content (AvgIpc) is 2.77. The van der Waals surface area contributed by atoms with Crippen LogP contribution in [0.5, 0.6) is 0 Å². The summed E-state index contributed by atoms with van der Waals surface area (Å²) in [5.41, 5.74) is 2.80. The normalized spacial score (nSPS) is 18.5. The van der Waals surface area contributed by atoms with Gasteiger partial charge in [-0.15, -0.1) is 6.58 Å². The fraction of sp³-hybridized carbons (Fsp3) is 0.435. The van der Waals surface area contributed by atoms with Crippen LogP contribution >= 0.6 is 12.2 Å². The van der Waals surface area contributed by atoms with Crippen LogP contribution < -0.4 is 20.4 Å². The number of piperidine rings is 1. The van der Waals surface area contributed by atoms with Crippen LogP contribution in [0, 0.1) is 5.92 Å². The quantitative estimate of drug-likeness (QED) is 0.562. The van der Waals surface area contributed by atoms with E-state index in [-0.39, 0.29) is 0 Å². The number of rotatable bonds is 5. The van der Waals surface area contributed by atoms with Crippen LogP contribution in [-0.2, 0) is 13.0 Å². The van der Waals surface area contributed by atoms with Crippen molar-refractivity contribution >= 4 is 34.9 Å². The van der Waals surface area contributed by atoms with E-state index in [2.05, 4.69) is 64.3 Å². The van der Waals surface area contributed by atoms with Crippen LogP contribution in [0.3, 0.4) is 0 Å². The van der Waals surface area contributed by atoms with E-state index < -0.39 is 0 Å². The number of benzene rings is 1. The van der Waals surface area contributed by atoms with Gasteiger partial charge in [0, 0.05) is 38.8 Å². The maximum Gasteiger partial charge on any atom is 0.232 e. The molecule has 1 aromatic heterocycles. The highest BCUT2D eigenvalue weighted by Gasteiger charge is 2.22. The van der Waals surface area contributed by atoms with Gasteiger partial charge in [-0.05, 0) is 48.5 Å². The van der Waals surface area contributed by atoms with E-state index in [9.17, 15) is 0 Å². The third-order valence-electron chi connectivity index (χ3n) is 5.77. The first-order valence-electron chi connectivity index (χ1n) is 10.7. The number of hydrogen-bond donors (Lipinski definition) is 2. The number of anilines is 3. The number of hydrogen-bond acceptors (Lipinski definition) is 5. The van der Waals surface area contributed by atoms with Crippen molar-refractivity contribution in [3.05, 3.63) is 54.1 Å². The van der Waals surface area contributed by atoms with Gasteiger partial charge in [-0.1, -0.05) is 37.3 Å². The molecule has 1 unspecified atom stereocenters. The lowest BCUT2D eigenvalue weighted by Crippen LogP contribution is -2.36. The number of fused-ring (bicyclic) bond motifs is 1. The summed E-state index contributed by atoms with van der Waals surface area (Å²) in [5.74, 6) is 3.13. The zero-order valence-electron chi connectivity index (χ0n) is 17.6. The van der Waals surface area contributed by atoms with E-state index in [1.165, 1.54) is 24.0 Å². The molecule has 0 saturated carbocycles. The standard InChI is InChI=1S/C23H30N6S/c1-3-11-24-23(30)27-22-25-20(28-12-6-7-17(2)15-28)14-21(26-22)29-13-10-18-8-4-5-9-19(18)16-29/h3-5,8-9,14,17H,1,6-7,10-13,15-16H2,2H3,(H2,24,25,26,27,30). The molecule has 1 atom stereocenters. The minimum atomic E-state index is 0.508. The summed E-state index contributed by atoms with van der Waals surface area (Å²) < 4.78 is 0. The summed E-state index contributed by atoms with van der Waals surface area (Å²) in [5, 5.41) is 6.77. The van der Waals surface area contributed by atoms with Crippen molar-refractivity contribution in [3.63, 3.8) is 0 Å². The van der Waals surface area contributed by atoms with Gasteiger partial charge < -0.3 is 20.4 Å². The van der Waals surface area contributed by atoms with Gasteiger partial charge in [-0.25, -0.2) is 0 Å². The molecule has 2 aliphatic rings. The molecule has 6 nitrogen and oxygen atoms in total. The zero-order valence-corrected chi connectivity index (χ0v) is 18.4. The van der Waals surface area contributed by atoms with Gasteiger partial charge in [0.1, 0.15) is 11.6 Å². The third-order valence-corrected chi connectivity index (χ3v) is 6.01. The Bertz CT molecular complexity index is 914. The van der Waals surface area contributed by atoms with Crippen molar-refractivity contribution < 1.29 is 0 Å². The van der Waals surface area contributed by atoms with Gasteiger partial charge in [-0.3, -0.25) is 0 Å². The summed E-state index contributed by atoms with van der Waals surface area (Å²) in [4.78, 5) is 14.3. The summed E-state index contributed by atoms with van der Waals surface area (Å²) in [7, 11) is 0. The minimum absolute atomic E-state index is 0.508. The number of nitrogens with one attached hydrogen (secondary N) is 2. The van der Waals surface area contributed by atoms with Crippen molar-refractivity contribution in [2.75, 3.05) is 41.3 Å². The molecule has 7 heteroatoms. The molecular weight excluding hydrogens is 392 g/mol. The third kappa shape index (κ3) is 4.90. The second-order valence-corrected chi connectivity index (χ2v) is 8.57. The van der Waals surface area contributed by atoms with E-state index in [0.29, 0.717) is 23.5 Å². The van der Waals surface area contributed by atoms with Crippen molar-refractivity contribution in [2.45, 2.75) is 32.7 Å². The molecule has 158 valence electrons. The smallest absolute Gasteiger partial charge is 0.232 e. The fourth-order valence-corrected chi connectivity index (χ4v) is 4.38. The van der Waals surface area contributed by atoms with E-state index in [1.807, 2.05) is 0 Å². The van der Waals surface area contributed by atoms with Crippen LogP contribution in [0.15, 0.2) is 43.0 Å². The van der Waals surface area contributed by atoms with E-state index in [1.54, 1.807) is 6.08 Å². The lowest BCUT2D eigenvalue weighted by molar-refractivity contribution is 0.444. The Labute approximate surface area is 184 Å². The SMILES string of the molecule is C=CCNC(=S)Nc1nc(N2CCc3ccccc3C2)cc(N2CCCC(C)C2)n1. The van der Waals surface area contributed by atoms with E-state index in [0.717, 1.165) is 44.2 Å². The molecule has 0 aliphatic carbocycles. The number of nitrogens with zero attached hydrogens (tertiary/aromatic N) is 4. The largest absolute Gasteiger partial charge is 0.359 e. The fourth-order valence-electron chi connectivity index (χ4n) is 4.20. The van der Waals surface area contributed by atoms with Gasteiger partial charge >= 0.3 is 0 Å². The lowest BCUT2D eigenvalue weighted by Gasteiger charge is -2.34. The molecule has 3 heterocycles. The van der Waals surface area contributed by atoms with Gasteiger partial charge in [0.25, 0.3) is 0 Å². The number of thiocarbonyl (C=S) groups is 1. The molecule has 4 rings (SSSR count). The van der Waals surface area contributed by atoms with E-state index in [4.69, 9.17) is 22.2 Å². The molecule has 2 aromatic rings. The molecule has 0 spiro atoms. The first-order valence-corrected chi connectivity index (χ1v) is 11.1. The topological polar surface area (TPSA) is 56.3 Å². The van der Waals surface area contributed by atoms with Crippen molar-refractivity contribution in [1.29, 1.82) is 0 Å². The Balaban J connectivity index is 1.61. The van der Waals surface area contributed by atoms with Crippen LogP contribution in [-0.4, -0.2) is 41.3 Å². The first-order chi connectivity index (χ1) is 14.6. The summed E-state index contributed by atoms with van der Waals surface area (Å²) in [6.45, 7) is 10.5. The Morgan fingerprint density at radius 2 is 1.97 bits per heavy atom. The Morgan fingerprint density at radius 3 is 2.73 bits per heavy atom. The molecule has 0 amide bonds. The van der Waals surface area contributed by atoms with Crippen molar-refractivity contribution in [2.24, 2.45) is 5.92 Å². The highest BCUT2D eigenvalue weighted by molar-refractivity contribution is 7.80. The minimum Gasteiger partial charge on any atom is -0.359 e. The Hall–Kier alpha value is -2.67. The van der Waals surface area contributed by atoms with Crippen LogP contribution in [0.2, 0.25) is 0 Å². The van der Waals surface area contributed by atoms with Gasteiger partial charge in [-0.2, -0.15) is 9.97 Å². The molecule has 2 aliphatic heterocycles. The number of aromatic nitrogens is 2. The molecule has 1 aromatic carbocycles. The van der Waals surface area contributed by atoms with Gasteiger partial charge in [0.05, 0.1) is 0 Å². The molecule has 1 saturated heterocycles. The second kappa shape index (κ2) is 9.43. The molecule has 0 bridgehead atoms. The zero-order chi connectivity index (χ0) is 20.9. The Morgan fingerprint density at radius 1 is 1.20 bits per heavy atom. The molecule has 0 radical (unpaired) electrons. The van der Waals surface area contributed by atoms with Crippen LogP contribution in [0.25, 0.3) is 0 Å². The van der Waals surface area contributed by atoms with Gasteiger partial charge in [0.15, 0.2) is 5.11 Å². The average molecular weight is 423 g/mol. The predicted molar refractivity (Wildman–Crippen MR) is 128 cm³/mol. The van der Waals surface area contributed by atoms with Crippen molar-refractivity contribution in [3.8, 4) is 0 Å². The Kier molecular flexibility index (Phi) is 6.47. The van der Waals surface area contributed by atoms with Crippen LogP contribution in [0.4, 0.5) is 17.6 Å². The molecular formula is C23H30N6S. The summed E-state index contributed by atoms with van der Waals surface area (Å²) in [6, 6.07) is 10.8. The first kappa shape index (κ1) is 20.6.